The lowest BCUT2D eigenvalue weighted by Gasteiger charge is -2.38. The highest BCUT2D eigenvalue weighted by atomic mass is 79.9. The zero-order valence-corrected chi connectivity index (χ0v) is 13.8. The van der Waals surface area contributed by atoms with Crippen molar-refractivity contribution in [2.24, 2.45) is 5.92 Å². The highest BCUT2D eigenvalue weighted by Crippen LogP contribution is 2.42. The van der Waals surface area contributed by atoms with E-state index in [-0.39, 0.29) is 11.7 Å². The zero-order chi connectivity index (χ0) is 15.6. The highest BCUT2D eigenvalue weighted by Gasteiger charge is 2.48. The first kappa shape index (κ1) is 15.8. The molecule has 0 aliphatic carbocycles. The van der Waals surface area contributed by atoms with Crippen molar-refractivity contribution in [2.45, 2.75) is 25.7 Å². The molecule has 4 nitrogen and oxygen atoms in total. The number of benzene rings is 1. The first-order valence-corrected chi connectivity index (χ1v) is 7.53. The van der Waals surface area contributed by atoms with Crippen LogP contribution < -0.4 is 0 Å². The average molecular weight is 353 g/mol. The average Bonchev–Trinajstić information content (AvgIpc) is 2.48. The van der Waals surface area contributed by atoms with Crippen LogP contribution in [0.2, 0.25) is 0 Å². The van der Waals surface area contributed by atoms with Gasteiger partial charge < -0.3 is 9.47 Å². The fourth-order valence-electron chi connectivity index (χ4n) is 2.79. The van der Waals surface area contributed by atoms with Gasteiger partial charge in [0.15, 0.2) is 0 Å². The summed E-state index contributed by atoms with van der Waals surface area (Å²) in [5.74, 6) is -1.24. The van der Waals surface area contributed by atoms with Crippen molar-refractivity contribution >= 4 is 27.9 Å². The molecule has 0 N–H and O–H groups in total. The lowest BCUT2D eigenvalue weighted by Crippen LogP contribution is -2.45. The minimum absolute atomic E-state index is 0.0313. The Morgan fingerprint density at radius 1 is 1.38 bits per heavy atom. The Kier molecular flexibility index (Phi) is 4.52. The van der Waals surface area contributed by atoms with Gasteiger partial charge in [0.05, 0.1) is 12.5 Å². The number of hydrogen-bond acceptors (Lipinski definition) is 4. The van der Waals surface area contributed by atoms with Gasteiger partial charge in [-0.05, 0) is 36.1 Å². The van der Waals surface area contributed by atoms with Gasteiger partial charge in [-0.25, -0.2) is 4.79 Å². The number of halogens is 1. The molecule has 0 saturated heterocycles. The van der Waals surface area contributed by atoms with Gasteiger partial charge in [0, 0.05) is 4.47 Å². The molecule has 2 rings (SSSR count). The first-order valence-electron chi connectivity index (χ1n) is 6.74. The van der Waals surface area contributed by atoms with Gasteiger partial charge in [-0.3, -0.25) is 4.79 Å². The smallest absolute Gasteiger partial charge is 0.373 e. The lowest BCUT2D eigenvalue weighted by atomic mass is 9.68. The van der Waals surface area contributed by atoms with Crippen LogP contribution in [0.25, 0.3) is 0 Å². The number of ether oxygens (including phenoxy) is 2. The summed E-state index contributed by atoms with van der Waals surface area (Å²) in [5, 5.41) is 0. The molecule has 0 unspecified atom stereocenters. The van der Waals surface area contributed by atoms with Crippen LogP contribution in [0.15, 0.2) is 40.6 Å². The standard InChI is InChI=1S/C16H17BrO4/c1-4-16(11-5-7-12(17)8-6-11)10(2)9-13(14(18)20-3)21-15(16)19/h5-10H,4H2,1-3H3/t10-,16-/m1/s1. The van der Waals surface area contributed by atoms with Crippen LogP contribution in [0.4, 0.5) is 0 Å². The van der Waals surface area contributed by atoms with Crippen LogP contribution >= 0.6 is 15.9 Å². The maximum atomic E-state index is 12.6. The fraction of sp³-hybridized carbons (Fsp3) is 0.375. The van der Waals surface area contributed by atoms with Crippen LogP contribution in [0, 0.1) is 5.92 Å². The third kappa shape index (κ3) is 2.62. The molecule has 1 aliphatic heterocycles. The van der Waals surface area contributed by atoms with Crippen molar-refractivity contribution in [3.63, 3.8) is 0 Å². The quantitative estimate of drug-likeness (QED) is 0.782. The summed E-state index contributed by atoms with van der Waals surface area (Å²) in [6.07, 6.45) is 2.25. The molecule has 0 fully saturated rings. The SMILES string of the molecule is CC[C@@]1(c2ccc(Br)cc2)C(=O)OC(C(=O)OC)=C[C@H]1C. The van der Waals surface area contributed by atoms with Gasteiger partial charge in [0.1, 0.15) is 0 Å². The highest BCUT2D eigenvalue weighted by molar-refractivity contribution is 9.10. The Morgan fingerprint density at radius 3 is 2.48 bits per heavy atom. The third-order valence-corrected chi connectivity index (χ3v) is 4.58. The predicted octanol–water partition coefficient (Wildman–Crippen LogP) is 3.35. The molecule has 0 aromatic heterocycles. The second-order valence-corrected chi connectivity index (χ2v) is 5.95. The van der Waals surface area contributed by atoms with Gasteiger partial charge >= 0.3 is 11.9 Å². The molecule has 0 amide bonds. The first-order chi connectivity index (χ1) is 9.95. The van der Waals surface area contributed by atoms with Crippen molar-refractivity contribution in [1.29, 1.82) is 0 Å². The molecule has 21 heavy (non-hydrogen) atoms. The largest absolute Gasteiger partial charge is 0.463 e. The van der Waals surface area contributed by atoms with Crippen molar-refractivity contribution in [3.05, 3.63) is 46.1 Å². The van der Waals surface area contributed by atoms with Crippen LogP contribution in [0.3, 0.4) is 0 Å². The van der Waals surface area contributed by atoms with Crippen LogP contribution in [0.5, 0.6) is 0 Å². The van der Waals surface area contributed by atoms with E-state index in [1.54, 1.807) is 6.08 Å². The molecule has 1 aromatic carbocycles. The van der Waals surface area contributed by atoms with Gasteiger partial charge in [0.2, 0.25) is 5.76 Å². The number of cyclic esters (lactones) is 1. The number of esters is 2. The number of carbonyl (C=O) groups is 2. The normalized spacial score (nSPS) is 25.0. The molecule has 0 spiro atoms. The molecule has 1 heterocycles. The summed E-state index contributed by atoms with van der Waals surface area (Å²) in [5.41, 5.74) is 0.101. The Labute approximate surface area is 132 Å². The maximum Gasteiger partial charge on any atom is 0.373 e. The third-order valence-electron chi connectivity index (χ3n) is 4.05. The van der Waals surface area contributed by atoms with Crippen LogP contribution in [0.1, 0.15) is 25.8 Å². The van der Waals surface area contributed by atoms with E-state index < -0.39 is 17.4 Å². The van der Waals surface area contributed by atoms with Gasteiger partial charge in [-0.1, -0.05) is 41.9 Å². The molecule has 1 aromatic rings. The summed E-state index contributed by atoms with van der Waals surface area (Å²) in [6.45, 7) is 3.85. The minimum Gasteiger partial charge on any atom is -0.463 e. The van der Waals surface area contributed by atoms with E-state index in [0.717, 1.165) is 10.0 Å². The number of methoxy groups -OCH3 is 1. The number of allylic oxidation sites excluding steroid dienone is 1. The summed E-state index contributed by atoms with van der Waals surface area (Å²) in [6, 6.07) is 7.60. The van der Waals surface area contributed by atoms with Gasteiger partial charge in [-0.2, -0.15) is 0 Å². The Balaban J connectivity index is 2.49. The summed E-state index contributed by atoms with van der Waals surface area (Å²) in [4.78, 5) is 24.2. The zero-order valence-electron chi connectivity index (χ0n) is 12.2. The van der Waals surface area contributed by atoms with Crippen LogP contribution in [-0.2, 0) is 24.5 Å². The summed E-state index contributed by atoms with van der Waals surface area (Å²) in [7, 11) is 1.26. The molecule has 0 saturated carbocycles. The second kappa shape index (κ2) is 6.02. The minimum atomic E-state index is -0.780. The number of hydrogen-bond donors (Lipinski definition) is 0. The lowest BCUT2D eigenvalue weighted by molar-refractivity contribution is -0.157. The molecular weight excluding hydrogens is 336 g/mol. The second-order valence-electron chi connectivity index (χ2n) is 5.03. The van der Waals surface area contributed by atoms with Crippen molar-refractivity contribution in [1.82, 2.24) is 0 Å². The van der Waals surface area contributed by atoms with Gasteiger partial charge in [0.25, 0.3) is 0 Å². The Bertz CT molecular complexity index is 591. The van der Waals surface area contributed by atoms with Crippen molar-refractivity contribution in [3.8, 4) is 0 Å². The van der Waals surface area contributed by atoms with E-state index in [1.807, 2.05) is 38.1 Å². The van der Waals surface area contributed by atoms with Crippen LogP contribution in [-0.4, -0.2) is 19.0 Å². The Morgan fingerprint density at radius 2 is 2.00 bits per heavy atom. The molecular formula is C16H17BrO4. The summed E-state index contributed by atoms with van der Waals surface area (Å²) >= 11 is 3.39. The molecule has 5 heteroatoms. The Hall–Kier alpha value is -1.62. The van der Waals surface area contributed by atoms with Crippen molar-refractivity contribution in [2.75, 3.05) is 7.11 Å². The fourth-order valence-corrected chi connectivity index (χ4v) is 3.05. The molecule has 0 bridgehead atoms. The molecule has 112 valence electrons. The summed E-state index contributed by atoms with van der Waals surface area (Å²) < 4.78 is 10.8. The molecule has 1 aliphatic rings. The van der Waals surface area contributed by atoms with E-state index in [1.165, 1.54) is 7.11 Å². The maximum absolute atomic E-state index is 12.6. The molecule has 2 atom stereocenters. The van der Waals surface area contributed by atoms with E-state index in [0.29, 0.717) is 6.42 Å². The van der Waals surface area contributed by atoms with E-state index in [2.05, 4.69) is 20.7 Å². The monoisotopic (exact) mass is 352 g/mol. The molecule has 0 radical (unpaired) electrons. The van der Waals surface area contributed by atoms with Crippen molar-refractivity contribution < 1.29 is 19.1 Å². The van der Waals surface area contributed by atoms with E-state index >= 15 is 0 Å². The predicted molar refractivity (Wildman–Crippen MR) is 81.5 cm³/mol. The number of carbonyl (C=O) groups excluding carboxylic acids is 2. The van der Waals surface area contributed by atoms with E-state index in [4.69, 9.17) is 4.74 Å². The van der Waals surface area contributed by atoms with Gasteiger partial charge in [-0.15, -0.1) is 0 Å². The topological polar surface area (TPSA) is 52.6 Å². The number of rotatable bonds is 3. The van der Waals surface area contributed by atoms with E-state index in [9.17, 15) is 9.59 Å².